The van der Waals surface area contributed by atoms with Gasteiger partial charge in [-0.3, -0.25) is 9.59 Å². The summed E-state index contributed by atoms with van der Waals surface area (Å²) in [6.45, 7) is 6.46. The van der Waals surface area contributed by atoms with Gasteiger partial charge in [0.05, 0.1) is 0 Å². The molecule has 4 nitrogen and oxygen atoms in total. The summed E-state index contributed by atoms with van der Waals surface area (Å²) in [5.74, 6) is -1.22. The highest BCUT2D eigenvalue weighted by molar-refractivity contribution is 5.99. The molecule has 1 amide bonds. The zero-order valence-electron chi connectivity index (χ0n) is 13.8. The Morgan fingerprint density at radius 2 is 2.04 bits per heavy atom. The Balaban J connectivity index is 1.83. The average molecular weight is 320 g/mol. The molecular formula is C18H25FN2O2. The van der Waals surface area contributed by atoms with E-state index >= 15 is 0 Å². The van der Waals surface area contributed by atoms with Gasteiger partial charge >= 0.3 is 0 Å². The fourth-order valence-corrected chi connectivity index (χ4v) is 2.89. The zero-order valence-corrected chi connectivity index (χ0v) is 13.8. The second-order valence-electron chi connectivity index (χ2n) is 6.82. The standard InChI is InChI=1S/C18H25FN2O2/c1-13(17(23)14-4-3-5-15(19)11-14)10-16(22)21-12-18(2)6-8-20-9-7-18/h3-5,11,13,20H,6-10,12H2,1-2H3,(H,21,22). The Hall–Kier alpha value is -1.75. The van der Waals surface area contributed by atoms with Crippen LogP contribution >= 0.6 is 0 Å². The quantitative estimate of drug-likeness (QED) is 0.792. The van der Waals surface area contributed by atoms with Crippen LogP contribution in [0.2, 0.25) is 0 Å². The molecule has 23 heavy (non-hydrogen) atoms. The first kappa shape index (κ1) is 17.6. The van der Waals surface area contributed by atoms with Crippen molar-refractivity contribution in [3.8, 4) is 0 Å². The summed E-state index contributed by atoms with van der Waals surface area (Å²) in [6.07, 6.45) is 2.19. The van der Waals surface area contributed by atoms with E-state index in [2.05, 4.69) is 17.6 Å². The highest BCUT2D eigenvalue weighted by Gasteiger charge is 2.27. The topological polar surface area (TPSA) is 58.2 Å². The third-order valence-electron chi connectivity index (χ3n) is 4.57. The summed E-state index contributed by atoms with van der Waals surface area (Å²) in [7, 11) is 0. The molecule has 1 aromatic carbocycles. The molecule has 0 aromatic heterocycles. The predicted octanol–water partition coefficient (Wildman–Crippen LogP) is 2.54. The minimum Gasteiger partial charge on any atom is -0.356 e. The number of Topliss-reactive ketones (excluding diaryl/α,β-unsaturated/α-hetero) is 1. The van der Waals surface area contributed by atoms with Gasteiger partial charge in [0.15, 0.2) is 5.78 Å². The Kier molecular flexibility index (Phi) is 5.88. The van der Waals surface area contributed by atoms with E-state index in [-0.39, 0.29) is 23.5 Å². The number of rotatable bonds is 6. The molecule has 1 atom stereocenters. The average Bonchev–Trinajstić information content (AvgIpc) is 2.53. The van der Waals surface area contributed by atoms with E-state index in [0.717, 1.165) is 25.9 Å². The van der Waals surface area contributed by atoms with Crippen molar-refractivity contribution < 1.29 is 14.0 Å². The lowest BCUT2D eigenvalue weighted by molar-refractivity contribution is -0.122. The number of amides is 1. The Bertz CT molecular complexity index is 568. The largest absolute Gasteiger partial charge is 0.356 e. The third-order valence-corrected chi connectivity index (χ3v) is 4.57. The molecular weight excluding hydrogens is 295 g/mol. The molecule has 1 fully saturated rings. The maximum Gasteiger partial charge on any atom is 0.220 e. The van der Waals surface area contributed by atoms with E-state index in [9.17, 15) is 14.0 Å². The molecule has 1 aliphatic rings. The van der Waals surface area contributed by atoms with Crippen LogP contribution < -0.4 is 10.6 Å². The molecule has 0 spiro atoms. The third kappa shape index (κ3) is 5.13. The Labute approximate surface area is 136 Å². The first-order chi connectivity index (χ1) is 10.9. The van der Waals surface area contributed by atoms with Gasteiger partial charge in [0.1, 0.15) is 5.82 Å². The lowest BCUT2D eigenvalue weighted by atomic mass is 9.81. The number of hydrogen-bond donors (Lipinski definition) is 2. The van der Waals surface area contributed by atoms with E-state index in [0.29, 0.717) is 12.1 Å². The van der Waals surface area contributed by atoms with Crippen LogP contribution in [0.4, 0.5) is 4.39 Å². The van der Waals surface area contributed by atoms with Crippen molar-refractivity contribution in [2.24, 2.45) is 11.3 Å². The molecule has 1 saturated heterocycles. The Morgan fingerprint density at radius 3 is 2.70 bits per heavy atom. The van der Waals surface area contributed by atoms with Crippen molar-refractivity contribution in [1.29, 1.82) is 0 Å². The molecule has 0 saturated carbocycles. The monoisotopic (exact) mass is 320 g/mol. The summed E-state index contributed by atoms with van der Waals surface area (Å²) in [5.41, 5.74) is 0.437. The van der Waals surface area contributed by atoms with E-state index in [1.807, 2.05) is 0 Å². The Morgan fingerprint density at radius 1 is 1.35 bits per heavy atom. The van der Waals surface area contributed by atoms with Crippen LogP contribution in [-0.4, -0.2) is 31.3 Å². The van der Waals surface area contributed by atoms with Crippen LogP contribution in [0.25, 0.3) is 0 Å². The minimum absolute atomic E-state index is 0.122. The maximum atomic E-state index is 13.2. The predicted molar refractivity (Wildman–Crippen MR) is 87.7 cm³/mol. The van der Waals surface area contributed by atoms with Crippen LogP contribution in [0.1, 0.15) is 43.5 Å². The smallest absolute Gasteiger partial charge is 0.220 e. The molecule has 1 aliphatic heterocycles. The van der Waals surface area contributed by atoms with Crippen molar-refractivity contribution in [2.75, 3.05) is 19.6 Å². The molecule has 0 aliphatic carbocycles. The number of carbonyl (C=O) groups excluding carboxylic acids is 2. The number of carbonyl (C=O) groups is 2. The van der Waals surface area contributed by atoms with Gasteiger partial charge in [-0.2, -0.15) is 0 Å². The van der Waals surface area contributed by atoms with Crippen molar-refractivity contribution in [3.63, 3.8) is 0 Å². The van der Waals surface area contributed by atoms with Gasteiger partial charge in [0.2, 0.25) is 5.91 Å². The number of benzene rings is 1. The fraction of sp³-hybridized carbons (Fsp3) is 0.556. The number of piperidine rings is 1. The molecule has 1 heterocycles. The lowest BCUT2D eigenvalue weighted by Gasteiger charge is -2.34. The summed E-state index contributed by atoms with van der Waals surface area (Å²) < 4.78 is 13.2. The summed E-state index contributed by atoms with van der Waals surface area (Å²) in [4.78, 5) is 24.3. The fourth-order valence-electron chi connectivity index (χ4n) is 2.89. The van der Waals surface area contributed by atoms with Crippen molar-refractivity contribution >= 4 is 11.7 Å². The van der Waals surface area contributed by atoms with Crippen molar-refractivity contribution in [2.45, 2.75) is 33.1 Å². The molecule has 1 aromatic rings. The van der Waals surface area contributed by atoms with Gasteiger partial charge in [-0.1, -0.05) is 26.0 Å². The number of hydrogen-bond acceptors (Lipinski definition) is 3. The van der Waals surface area contributed by atoms with Gasteiger partial charge < -0.3 is 10.6 Å². The van der Waals surface area contributed by atoms with Gasteiger partial charge in [0, 0.05) is 24.4 Å². The van der Waals surface area contributed by atoms with Crippen molar-refractivity contribution in [1.82, 2.24) is 10.6 Å². The van der Waals surface area contributed by atoms with Gasteiger partial charge in [-0.25, -0.2) is 4.39 Å². The second kappa shape index (κ2) is 7.68. The van der Waals surface area contributed by atoms with E-state index < -0.39 is 11.7 Å². The zero-order chi connectivity index (χ0) is 16.9. The number of ketones is 1. The van der Waals surface area contributed by atoms with Gasteiger partial charge in [0.25, 0.3) is 0 Å². The highest BCUT2D eigenvalue weighted by atomic mass is 19.1. The SMILES string of the molecule is CC(CC(=O)NCC1(C)CCNCC1)C(=O)c1cccc(F)c1. The molecule has 0 radical (unpaired) electrons. The first-order valence-corrected chi connectivity index (χ1v) is 8.17. The lowest BCUT2D eigenvalue weighted by Crippen LogP contribution is -2.43. The van der Waals surface area contributed by atoms with Crippen LogP contribution in [0.3, 0.4) is 0 Å². The number of nitrogens with one attached hydrogen (secondary N) is 2. The first-order valence-electron chi connectivity index (χ1n) is 8.17. The summed E-state index contributed by atoms with van der Waals surface area (Å²) in [5, 5.41) is 6.26. The molecule has 2 N–H and O–H groups in total. The molecule has 5 heteroatoms. The van der Waals surface area contributed by atoms with Crippen molar-refractivity contribution in [3.05, 3.63) is 35.6 Å². The summed E-state index contributed by atoms with van der Waals surface area (Å²) >= 11 is 0. The van der Waals surface area contributed by atoms with E-state index in [4.69, 9.17) is 0 Å². The molecule has 0 bridgehead atoms. The molecule has 2 rings (SSSR count). The van der Waals surface area contributed by atoms with Crippen LogP contribution in [0.5, 0.6) is 0 Å². The number of halogens is 1. The van der Waals surface area contributed by atoms with Gasteiger partial charge in [-0.15, -0.1) is 0 Å². The maximum absolute atomic E-state index is 13.2. The van der Waals surface area contributed by atoms with E-state index in [1.165, 1.54) is 18.2 Å². The van der Waals surface area contributed by atoms with Crippen LogP contribution in [-0.2, 0) is 4.79 Å². The van der Waals surface area contributed by atoms with Gasteiger partial charge in [-0.05, 0) is 43.5 Å². The summed E-state index contributed by atoms with van der Waals surface area (Å²) in [6, 6.07) is 5.60. The normalized spacial score (nSPS) is 18.2. The van der Waals surface area contributed by atoms with Crippen LogP contribution in [0, 0.1) is 17.2 Å². The minimum atomic E-state index is -0.461. The highest BCUT2D eigenvalue weighted by Crippen LogP contribution is 2.26. The molecule has 126 valence electrons. The molecule has 1 unspecified atom stereocenters. The second-order valence-corrected chi connectivity index (χ2v) is 6.82. The van der Waals surface area contributed by atoms with E-state index in [1.54, 1.807) is 13.0 Å². The van der Waals surface area contributed by atoms with Crippen LogP contribution in [0.15, 0.2) is 24.3 Å².